The van der Waals surface area contributed by atoms with Gasteiger partial charge in [0.05, 0.1) is 0 Å². The van der Waals surface area contributed by atoms with Crippen LogP contribution < -0.4 is 10.6 Å². The average Bonchev–Trinajstić information content (AvgIpc) is 2.49. The summed E-state index contributed by atoms with van der Waals surface area (Å²) in [4.78, 5) is 14.7. The Bertz CT molecular complexity index is 622. The molecule has 0 fully saturated rings. The molecular weight excluding hydrogens is 260 g/mol. The number of aryl methyl sites for hydroxylation is 2. The number of amides is 1. The Hall–Kier alpha value is -2.13. The highest BCUT2D eigenvalue weighted by atomic mass is 16.2. The standard InChI is InChI=1S/C18H22N2O/c1-14-7-5-9-16(13-14)18(21)20(12-6-11-19)17-10-4-3-8-15(17)2/h3-5,7-10,13H,6,11-12,19H2,1-2H3. The minimum atomic E-state index is 0.0291. The van der Waals surface area contributed by atoms with Gasteiger partial charge < -0.3 is 10.6 Å². The molecule has 1 amide bonds. The van der Waals surface area contributed by atoms with Gasteiger partial charge in [0.15, 0.2) is 0 Å². The van der Waals surface area contributed by atoms with Gasteiger partial charge in [0.2, 0.25) is 0 Å². The van der Waals surface area contributed by atoms with E-state index in [4.69, 9.17) is 5.73 Å². The molecular formula is C18H22N2O. The van der Waals surface area contributed by atoms with E-state index in [1.54, 1.807) is 0 Å². The third-order valence-corrected chi connectivity index (χ3v) is 3.50. The molecule has 2 aromatic rings. The second kappa shape index (κ2) is 7.04. The first-order valence-corrected chi connectivity index (χ1v) is 7.27. The summed E-state index contributed by atoms with van der Waals surface area (Å²) in [6, 6.07) is 15.7. The van der Waals surface area contributed by atoms with Crippen molar-refractivity contribution in [3.8, 4) is 0 Å². The summed E-state index contributed by atoms with van der Waals surface area (Å²) >= 11 is 0. The van der Waals surface area contributed by atoms with Crippen molar-refractivity contribution in [3.63, 3.8) is 0 Å². The van der Waals surface area contributed by atoms with Crippen molar-refractivity contribution in [1.82, 2.24) is 0 Å². The fourth-order valence-corrected chi connectivity index (χ4v) is 2.38. The number of nitrogens with two attached hydrogens (primary N) is 1. The van der Waals surface area contributed by atoms with Crippen molar-refractivity contribution in [2.45, 2.75) is 20.3 Å². The van der Waals surface area contributed by atoms with Gasteiger partial charge >= 0.3 is 0 Å². The van der Waals surface area contributed by atoms with Crippen LogP contribution in [-0.2, 0) is 0 Å². The van der Waals surface area contributed by atoms with Gasteiger partial charge in [0, 0.05) is 17.8 Å². The molecule has 0 saturated heterocycles. The first kappa shape index (κ1) is 15.3. The topological polar surface area (TPSA) is 46.3 Å². The Kier molecular flexibility index (Phi) is 5.12. The summed E-state index contributed by atoms with van der Waals surface area (Å²) in [6.07, 6.45) is 0.784. The van der Waals surface area contributed by atoms with E-state index >= 15 is 0 Å². The van der Waals surface area contributed by atoms with Gasteiger partial charge in [-0.25, -0.2) is 0 Å². The van der Waals surface area contributed by atoms with Crippen LogP contribution in [0.3, 0.4) is 0 Å². The van der Waals surface area contributed by atoms with E-state index < -0.39 is 0 Å². The van der Waals surface area contributed by atoms with Gasteiger partial charge in [-0.05, 0) is 50.6 Å². The molecule has 21 heavy (non-hydrogen) atoms. The normalized spacial score (nSPS) is 10.4. The summed E-state index contributed by atoms with van der Waals surface area (Å²) in [5.41, 5.74) is 9.47. The zero-order valence-corrected chi connectivity index (χ0v) is 12.7. The Morgan fingerprint density at radius 3 is 2.52 bits per heavy atom. The number of carbonyl (C=O) groups is 1. The SMILES string of the molecule is Cc1cccc(C(=O)N(CCCN)c2ccccc2C)c1. The number of hydrogen-bond acceptors (Lipinski definition) is 2. The van der Waals surface area contributed by atoms with Crippen molar-refractivity contribution < 1.29 is 4.79 Å². The fraction of sp³-hybridized carbons (Fsp3) is 0.278. The Morgan fingerprint density at radius 1 is 1.10 bits per heavy atom. The summed E-state index contributed by atoms with van der Waals surface area (Å²) in [6.45, 7) is 5.22. The number of rotatable bonds is 5. The maximum absolute atomic E-state index is 12.8. The molecule has 0 unspecified atom stereocenters. The van der Waals surface area contributed by atoms with E-state index in [2.05, 4.69) is 0 Å². The molecule has 3 heteroatoms. The molecule has 110 valence electrons. The molecule has 0 aromatic heterocycles. The van der Waals surface area contributed by atoms with Crippen molar-refractivity contribution in [1.29, 1.82) is 0 Å². The quantitative estimate of drug-likeness (QED) is 0.914. The molecule has 0 aliphatic carbocycles. The molecule has 0 heterocycles. The highest BCUT2D eigenvalue weighted by Gasteiger charge is 2.18. The lowest BCUT2D eigenvalue weighted by atomic mass is 10.1. The molecule has 2 rings (SSSR count). The van der Waals surface area contributed by atoms with Crippen LogP contribution in [0.1, 0.15) is 27.9 Å². The molecule has 0 atom stereocenters. The summed E-state index contributed by atoms with van der Waals surface area (Å²) < 4.78 is 0. The minimum absolute atomic E-state index is 0.0291. The lowest BCUT2D eigenvalue weighted by molar-refractivity contribution is 0.0986. The van der Waals surface area contributed by atoms with E-state index in [1.165, 1.54) is 0 Å². The van der Waals surface area contributed by atoms with Crippen LogP contribution in [0.5, 0.6) is 0 Å². The number of hydrogen-bond donors (Lipinski definition) is 1. The Balaban J connectivity index is 2.36. The van der Waals surface area contributed by atoms with Gasteiger partial charge in [-0.3, -0.25) is 4.79 Å². The maximum Gasteiger partial charge on any atom is 0.258 e. The second-order valence-corrected chi connectivity index (χ2v) is 5.25. The first-order chi connectivity index (χ1) is 10.1. The first-order valence-electron chi connectivity index (χ1n) is 7.27. The van der Waals surface area contributed by atoms with Gasteiger partial charge in [0.1, 0.15) is 0 Å². The summed E-state index contributed by atoms with van der Waals surface area (Å²) in [5.74, 6) is 0.0291. The number of anilines is 1. The zero-order valence-electron chi connectivity index (χ0n) is 12.7. The molecule has 0 saturated carbocycles. The highest BCUT2D eigenvalue weighted by molar-refractivity contribution is 6.06. The van der Waals surface area contributed by atoms with Gasteiger partial charge in [-0.2, -0.15) is 0 Å². The average molecular weight is 282 g/mol. The van der Waals surface area contributed by atoms with Crippen LogP contribution in [0.15, 0.2) is 48.5 Å². The molecule has 0 radical (unpaired) electrons. The van der Waals surface area contributed by atoms with Gasteiger partial charge in [-0.1, -0.05) is 35.9 Å². The summed E-state index contributed by atoms with van der Waals surface area (Å²) in [7, 11) is 0. The van der Waals surface area contributed by atoms with Crippen molar-refractivity contribution >= 4 is 11.6 Å². The summed E-state index contributed by atoms with van der Waals surface area (Å²) in [5, 5.41) is 0. The Labute approximate surface area is 126 Å². The minimum Gasteiger partial charge on any atom is -0.330 e. The van der Waals surface area contributed by atoms with Crippen LogP contribution in [0.2, 0.25) is 0 Å². The number of carbonyl (C=O) groups excluding carboxylic acids is 1. The molecule has 2 N–H and O–H groups in total. The third-order valence-electron chi connectivity index (χ3n) is 3.50. The molecule has 3 nitrogen and oxygen atoms in total. The van der Waals surface area contributed by atoms with E-state index in [-0.39, 0.29) is 5.91 Å². The van der Waals surface area contributed by atoms with Crippen LogP contribution >= 0.6 is 0 Å². The lowest BCUT2D eigenvalue weighted by Crippen LogP contribution is -2.33. The third kappa shape index (κ3) is 3.70. The van der Waals surface area contributed by atoms with Crippen LogP contribution in [0.4, 0.5) is 5.69 Å². The number of benzene rings is 2. The largest absolute Gasteiger partial charge is 0.330 e. The second-order valence-electron chi connectivity index (χ2n) is 5.25. The van der Waals surface area contributed by atoms with Gasteiger partial charge in [0.25, 0.3) is 5.91 Å². The van der Waals surface area contributed by atoms with E-state index in [9.17, 15) is 4.79 Å². The van der Waals surface area contributed by atoms with E-state index in [0.717, 1.165) is 28.8 Å². The zero-order chi connectivity index (χ0) is 15.2. The molecule has 0 aliphatic heterocycles. The van der Waals surface area contributed by atoms with Gasteiger partial charge in [-0.15, -0.1) is 0 Å². The molecule has 2 aromatic carbocycles. The fourth-order valence-electron chi connectivity index (χ4n) is 2.38. The molecule has 0 spiro atoms. The smallest absolute Gasteiger partial charge is 0.258 e. The molecule has 0 bridgehead atoms. The van der Waals surface area contributed by atoms with Crippen LogP contribution in [0.25, 0.3) is 0 Å². The van der Waals surface area contributed by atoms with Crippen molar-refractivity contribution in [2.75, 3.05) is 18.0 Å². The van der Waals surface area contributed by atoms with E-state index in [0.29, 0.717) is 13.1 Å². The van der Waals surface area contributed by atoms with Crippen molar-refractivity contribution in [3.05, 3.63) is 65.2 Å². The maximum atomic E-state index is 12.8. The monoisotopic (exact) mass is 282 g/mol. The highest BCUT2D eigenvalue weighted by Crippen LogP contribution is 2.22. The Morgan fingerprint density at radius 2 is 1.86 bits per heavy atom. The predicted molar refractivity (Wildman–Crippen MR) is 87.7 cm³/mol. The predicted octanol–water partition coefficient (Wildman–Crippen LogP) is 3.30. The number of nitrogens with zero attached hydrogens (tertiary/aromatic N) is 1. The lowest BCUT2D eigenvalue weighted by Gasteiger charge is -2.24. The van der Waals surface area contributed by atoms with Crippen molar-refractivity contribution in [2.24, 2.45) is 5.73 Å². The van der Waals surface area contributed by atoms with Crippen LogP contribution in [-0.4, -0.2) is 19.0 Å². The van der Waals surface area contributed by atoms with Crippen LogP contribution in [0, 0.1) is 13.8 Å². The van der Waals surface area contributed by atoms with E-state index in [1.807, 2.05) is 67.3 Å². The molecule has 0 aliphatic rings. The number of para-hydroxylation sites is 1.